The van der Waals surface area contributed by atoms with Gasteiger partial charge in [-0.25, -0.2) is 4.98 Å². The lowest BCUT2D eigenvalue weighted by Gasteiger charge is -2.17. The van der Waals surface area contributed by atoms with Crippen LogP contribution in [0, 0.1) is 5.92 Å². The van der Waals surface area contributed by atoms with E-state index in [2.05, 4.69) is 20.3 Å². The van der Waals surface area contributed by atoms with Gasteiger partial charge in [-0.1, -0.05) is 20.8 Å². The van der Waals surface area contributed by atoms with Gasteiger partial charge in [-0.3, -0.25) is 29.5 Å². The minimum Gasteiger partial charge on any atom is -0.465 e. The van der Waals surface area contributed by atoms with Gasteiger partial charge in [0, 0.05) is 31.7 Å². The summed E-state index contributed by atoms with van der Waals surface area (Å²) >= 11 is 0. The highest BCUT2D eigenvalue weighted by Crippen LogP contribution is 2.13. The highest BCUT2D eigenvalue weighted by molar-refractivity contribution is 5.89. The standard InChI is InChI=1S/C19H27N5O6/c1-4-13(25)21-19-22-17-16(18(28)23-19)20-11-24(17)8-7-12(9-29-14(26)5-2)10-30-15(27)6-3/h11-12H,4-10H2,1-3H3,(H2,21,22,23,25,28). The Morgan fingerprint density at radius 1 is 1.10 bits per heavy atom. The Bertz CT molecular complexity index is 931. The first-order chi connectivity index (χ1) is 14.4. The van der Waals surface area contributed by atoms with Crippen molar-refractivity contribution >= 4 is 35.0 Å². The van der Waals surface area contributed by atoms with Gasteiger partial charge >= 0.3 is 11.9 Å². The van der Waals surface area contributed by atoms with Crippen LogP contribution in [0.1, 0.15) is 46.5 Å². The Morgan fingerprint density at radius 3 is 2.30 bits per heavy atom. The smallest absolute Gasteiger partial charge is 0.305 e. The van der Waals surface area contributed by atoms with Gasteiger partial charge in [0.2, 0.25) is 11.9 Å². The number of carbonyl (C=O) groups excluding carboxylic acids is 3. The fraction of sp³-hybridized carbons (Fsp3) is 0.579. The SMILES string of the molecule is CCC(=O)Nc1nc2c(ncn2CCC(COC(=O)CC)COC(=O)CC)c(=O)[nH]1. The number of H-pyrrole nitrogens is 1. The van der Waals surface area contributed by atoms with Crippen LogP contribution in [-0.2, 0) is 30.4 Å². The van der Waals surface area contributed by atoms with Crippen LogP contribution in [0.4, 0.5) is 5.95 Å². The van der Waals surface area contributed by atoms with Crippen LogP contribution in [0.5, 0.6) is 0 Å². The number of rotatable bonds is 11. The predicted molar refractivity (Wildman–Crippen MR) is 108 cm³/mol. The van der Waals surface area contributed by atoms with Crippen LogP contribution in [-0.4, -0.2) is 50.6 Å². The van der Waals surface area contributed by atoms with Crippen LogP contribution >= 0.6 is 0 Å². The Hall–Kier alpha value is -3.24. The van der Waals surface area contributed by atoms with Gasteiger partial charge < -0.3 is 14.0 Å². The average molecular weight is 421 g/mol. The minimum atomic E-state index is -0.463. The van der Waals surface area contributed by atoms with E-state index in [1.54, 1.807) is 25.3 Å². The van der Waals surface area contributed by atoms with Crippen molar-refractivity contribution in [1.29, 1.82) is 0 Å². The summed E-state index contributed by atoms with van der Waals surface area (Å²) in [6.07, 6.45) is 2.73. The Balaban J connectivity index is 2.14. The fourth-order valence-electron chi connectivity index (χ4n) is 2.56. The maximum absolute atomic E-state index is 12.2. The lowest BCUT2D eigenvalue weighted by atomic mass is 10.1. The maximum Gasteiger partial charge on any atom is 0.305 e. The molecule has 2 aromatic heterocycles. The number of anilines is 1. The second-order valence-electron chi connectivity index (χ2n) is 6.65. The number of nitrogens with one attached hydrogen (secondary N) is 2. The van der Waals surface area contributed by atoms with E-state index in [9.17, 15) is 19.2 Å². The zero-order valence-electron chi connectivity index (χ0n) is 17.4. The van der Waals surface area contributed by atoms with E-state index in [1.807, 2.05) is 0 Å². The second kappa shape index (κ2) is 11.1. The van der Waals surface area contributed by atoms with Crippen LogP contribution in [0.2, 0.25) is 0 Å². The third kappa shape index (κ3) is 6.39. The van der Waals surface area contributed by atoms with Crippen molar-refractivity contribution in [3.05, 3.63) is 16.7 Å². The van der Waals surface area contributed by atoms with Gasteiger partial charge in [-0.2, -0.15) is 4.98 Å². The first-order valence-corrected chi connectivity index (χ1v) is 9.94. The number of aromatic nitrogens is 4. The number of fused-ring (bicyclic) bond motifs is 1. The summed E-state index contributed by atoms with van der Waals surface area (Å²) in [5.41, 5.74) is 0.00586. The van der Waals surface area contributed by atoms with Crippen LogP contribution in [0.25, 0.3) is 11.2 Å². The number of hydrogen-bond acceptors (Lipinski definition) is 8. The lowest BCUT2D eigenvalue weighted by Crippen LogP contribution is -2.22. The summed E-state index contributed by atoms with van der Waals surface area (Å²) in [4.78, 5) is 57.6. The maximum atomic E-state index is 12.2. The van der Waals surface area contributed by atoms with E-state index in [-0.39, 0.29) is 67.7 Å². The Labute approximate surface area is 173 Å². The molecule has 11 heteroatoms. The molecule has 0 unspecified atom stereocenters. The predicted octanol–water partition coefficient (Wildman–Crippen LogP) is 1.38. The summed E-state index contributed by atoms with van der Waals surface area (Å²) in [5, 5.41) is 2.52. The minimum absolute atomic E-state index is 0.0476. The number of esters is 2. The summed E-state index contributed by atoms with van der Waals surface area (Å²) in [7, 11) is 0. The van der Waals surface area contributed by atoms with Crippen molar-refractivity contribution in [2.24, 2.45) is 5.92 Å². The Morgan fingerprint density at radius 2 is 1.73 bits per heavy atom. The molecule has 164 valence electrons. The summed E-state index contributed by atoms with van der Waals surface area (Å²) in [6, 6.07) is 0. The molecular formula is C19H27N5O6. The molecule has 11 nitrogen and oxygen atoms in total. The molecule has 0 aliphatic rings. The number of nitrogens with zero attached hydrogens (tertiary/aromatic N) is 3. The average Bonchev–Trinajstić information content (AvgIpc) is 3.15. The highest BCUT2D eigenvalue weighted by Gasteiger charge is 2.17. The monoisotopic (exact) mass is 421 g/mol. The summed E-state index contributed by atoms with van der Waals surface area (Å²) in [6.45, 7) is 5.71. The van der Waals surface area contributed by atoms with Gasteiger partial charge in [0.1, 0.15) is 0 Å². The molecule has 2 aromatic rings. The lowest BCUT2D eigenvalue weighted by molar-refractivity contribution is -0.148. The van der Waals surface area contributed by atoms with Crippen molar-refractivity contribution in [3.63, 3.8) is 0 Å². The van der Waals surface area contributed by atoms with Gasteiger partial charge in [0.25, 0.3) is 5.56 Å². The second-order valence-corrected chi connectivity index (χ2v) is 6.65. The number of aryl methyl sites for hydroxylation is 1. The van der Waals surface area contributed by atoms with E-state index in [4.69, 9.17) is 9.47 Å². The van der Waals surface area contributed by atoms with Crippen molar-refractivity contribution in [2.75, 3.05) is 18.5 Å². The molecule has 0 atom stereocenters. The summed E-state index contributed by atoms with van der Waals surface area (Å²) < 4.78 is 12.1. The van der Waals surface area contributed by atoms with Crippen molar-refractivity contribution in [3.8, 4) is 0 Å². The number of imidazole rings is 1. The number of aromatic amines is 1. The van der Waals surface area contributed by atoms with E-state index in [0.29, 0.717) is 18.6 Å². The largest absolute Gasteiger partial charge is 0.465 e. The van der Waals surface area contributed by atoms with Crippen molar-refractivity contribution in [2.45, 2.75) is 53.0 Å². The van der Waals surface area contributed by atoms with Crippen LogP contribution in [0.15, 0.2) is 11.1 Å². The molecule has 0 fully saturated rings. The molecule has 30 heavy (non-hydrogen) atoms. The molecule has 2 rings (SSSR count). The van der Waals surface area contributed by atoms with E-state index < -0.39 is 5.56 Å². The van der Waals surface area contributed by atoms with Crippen LogP contribution < -0.4 is 10.9 Å². The Kier molecular flexibility index (Phi) is 8.51. The molecule has 0 saturated carbocycles. The van der Waals surface area contributed by atoms with E-state index >= 15 is 0 Å². The molecule has 0 spiro atoms. The molecule has 0 aliphatic heterocycles. The highest BCUT2D eigenvalue weighted by atomic mass is 16.5. The first kappa shape index (κ1) is 23.0. The molecule has 1 amide bonds. The van der Waals surface area contributed by atoms with Gasteiger partial charge in [0.15, 0.2) is 11.2 Å². The molecule has 0 radical (unpaired) electrons. The van der Waals surface area contributed by atoms with Crippen LogP contribution in [0.3, 0.4) is 0 Å². The number of hydrogen-bond donors (Lipinski definition) is 2. The van der Waals surface area contributed by atoms with E-state index in [1.165, 1.54) is 6.33 Å². The molecule has 2 N–H and O–H groups in total. The number of ether oxygens (including phenoxy) is 2. The third-order valence-corrected chi connectivity index (χ3v) is 4.37. The first-order valence-electron chi connectivity index (χ1n) is 9.94. The zero-order chi connectivity index (χ0) is 22.1. The molecule has 0 aromatic carbocycles. The van der Waals surface area contributed by atoms with Crippen molar-refractivity contribution in [1.82, 2.24) is 19.5 Å². The molecule has 0 aliphatic carbocycles. The van der Waals surface area contributed by atoms with Gasteiger partial charge in [-0.15, -0.1) is 0 Å². The summed E-state index contributed by atoms with van der Waals surface area (Å²) in [5.74, 6) is -1.13. The number of amides is 1. The van der Waals surface area contributed by atoms with Gasteiger partial charge in [-0.05, 0) is 6.42 Å². The fourth-order valence-corrected chi connectivity index (χ4v) is 2.56. The van der Waals surface area contributed by atoms with Crippen molar-refractivity contribution < 1.29 is 23.9 Å². The molecule has 0 bridgehead atoms. The van der Waals surface area contributed by atoms with E-state index in [0.717, 1.165) is 0 Å². The number of carbonyl (C=O) groups is 3. The zero-order valence-corrected chi connectivity index (χ0v) is 17.4. The normalized spacial score (nSPS) is 10.9. The van der Waals surface area contributed by atoms with Gasteiger partial charge in [0.05, 0.1) is 19.5 Å². The quantitative estimate of drug-likeness (QED) is 0.518. The molecule has 2 heterocycles. The molecule has 0 saturated heterocycles. The third-order valence-electron chi connectivity index (χ3n) is 4.37. The molecular weight excluding hydrogens is 394 g/mol. The topological polar surface area (TPSA) is 145 Å².